The second-order valence-electron chi connectivity index (χ2n) is 5.62. The van der Waals surface area contributed by atoms with E-state index in [1.807, 2.05) is 19.2 Å². The molecule has 1 atom stereocenters. The summed E-state index contributed by atoms with van der Waals surface area (Å²) in [4.78, 5) is 12.5. The minimum absolute atomic E-state index is 0.123. The molecule has 0 unspecified atom stereocenters. The molecule has 0 heterocycles. The molecule has 0 saturated heterocycles. The van der Waals surface area contributed by atoms with Gasteiger partial charge in [0, 0.05) is 10.1 Å². The van der Waals surface area contributed by atoms with E-state index >= 15 is 0 Å². The Morgan fingerprint density at radius 1 is 1.15 bits per heavy atom. The molecule has 26 heavy (non-hydrogen) atoms. The van der Waals surface area contributed by atoms with Gasteiger partial charge in [0.25, 0.3) is 5.91 Å². The van der Waals surface area contributed by atoms with Crippen molar-refractivity contribution in [1.82, 2.24) is 0 Å². The van der Waals surface area contributed by atoms with Crippen LogP contribution < -0.4 is 5.32 Å². The lowest BCUT2D eigenvalue weighted by molar-refractivity contribution is -0.137. The number of alkyl halides is 3. The molecule has 0 spiro atoms. The molecule has 2 rings (SSSR count). The second-order valence-corrected chi connectivity index (χ2v) is 7.13. The van der Waals surface area contributed by atoms with Gasteiger partial charge in [-0.3, -0.25) is 4.79 Å². The highest BCUT2D eigenvalue weighted by Gasteiger charge is 2.34. The minimum atomic E-state index is -4.71. The molecular weight excluding hydrogens is 373 g/mol. The van der Waals surface area contributed by atoms with Gasteiger partial charge in [0.2, 0.25) is 0 Å². The molecule has 2 aromatic rings. The summed E-state index contributed by atoms with van der Waals surface area (Å²) >= 11 is 1.28. The third kappa shape index (κ3) is 4.97. The fourth-order valence-electron chi connectivity index (χ4n) is 2.12. The quantitative estimate of drug-likeness (QED) is 0.493. The number of anilines is 1. The Kier molecular flexibility index (Phi) is 6.28. The molecule has 2 nitrogen and oxygen atoms in total. The molecule has 0 bridgehead atoms. The van der Waals surface area contributed by atoms with Gasteiger partial charge < -0.3 is 5.32 Å². The molecule has 0 aromatic heterocycles. The van der Waals surface area contributed by atoms with E-state index in [2.05, 4.69) is 0 Å². The smallest absolute Gasteiger partial charge is 0.321 e. The number of nitrogens with one attached hydrogen (secondary N) is 1. The van der Waals surface area contributed by atoms with Crippen molar-refractivity contribution in [3.63, 3.8) is 0 Å². The van der Waals surface area contributed by atoms with Crippen molar-refractivity contribution in [2.45, 2.75) is 36.6 Å². The summed E-state index contributed by atoms with van der Waals surface area (Å²) in [5.74, 6) is -3.05. The highest BCUT2D eigenvalue weighted by atomic mass is 32.2. The van der Waals surface area contributed by atoms with E-state index in [1.54, 1.807) is 0 Å². The van der Waals surface area contributed by atoms with Crippen LogP contribution in [0.3, 0.4) is 0 Å². The lowest BCUT2D eigenvalue weighted by atomic mass is 10.1. The lowest BCUT2D eigenvalue weighted by Crippen LogP contribution is -2.18. The molecule has 0 radical (unpaired) electrons. The predicted molar refractivity (Wildman–Crippen MR) is 91.4 cm³/mol. The van der Waals surface area contributed by atoms with Crippen LogP contribution in [0.15, 0.2) is 41.3 Å². The van der Waals surface area contributed by atoms with E-state index in [0.29, 0.717) is 11.0 Å². The van der Waals surface area contributed by atoms with E-state index < -0.39 is 40.5 Å². The van der Waals surface area contributed by atoms with Gasteiger partial charge in [-0.05, 0) is 42.8 Å². The molecule has 0 aliphatic carbocycles. The maximum Gasteiger partial charge on any atom is 0.418 e. The average Bonchev–Trinajstić information content (AvgIpc) is 2.57. The third-order valence-corrected chi connectivity index (χ3v) is 4.89. The van der Waals surface area contributed by atoms with Crippen molar-refractivity contribution in [3.8, 4) is 0 Å². The predicted octanol–water partition coefficient (Wildman–Crippen LogP) is 6.13. The Bertz CT molecular complexity index is 807. The van der Waals surface area contributed by atoms with Gasteiger partial charge in [0.15, 0.2) is 0 Å². The van der Waals surface area contributed by atoms with Gasteiger partial charge in [-0.2, -0.15) is 13.2 Å². The number of hydrogen-bond donors (Lipinski definition) is 1. The summed E-state index contributed by atoms with van der Waals surface area (Å²) in [6.45, 7) is 3.81. The lowest BCUT2D eigenvalue weighted by Gasteiger charge is -2.16. The zero-order valence-corrected chi connectivity index (χ0v) is 14.8. The largest absolute Gasteiger partial charge is 0.418 e. The number of hydrogen-bond acceptors (Lipinski definition) is 2. The molecule has 0 saturated carbocycles. The second kappa shape index (κ2) is 8.07. The maximum atomic E-state index is 13.7. The molecule has 1 amide bonds. The van der Waals surface area contributed by atoms with Crippen LogP contribution in [0.25, 0.3) is 0 Å². The minimum Gasteiger partial charge on any atom is -0.321 e. The van der Waals surface area contributed by atoms with Crippen LogP contribution in [-0.2, 0) is 6.18 Å². The Balaban J connectivity index is 2.36. The molecular formula is C18H16F5NOS. The molecule has 8 heteroatoms. The SMILES string of the molecule is CC[C@H](C)Sc1ccc(NC(=O)c2cc(F)ccc2F)c(C(F)(F)F)c1. The van der Waals surface area contributed by atoms with E-state index in [0.717, 1.165) is 30.7 Å². The fourth-order valence-corrected chi connectivity index (χ4v) is 3.08. The number of carbonyl (C=O) groups is 1. The Morgan fingerprint density at radius 3 is 2.46 bits per heavy atom. The first-order chi connectivity index (χ1) is 12.1. The highest BCUT2D eigenvalue weighted by molar-refractivity contribution is 7.99. The van der Waals surface area contributed by atoms with Gasteiger partial charge >= 0.3 is 6.18 Å². The van der Waals surface area contributed by atoms with E-state index in [9.17, 15) is 26.7 Å². The zero-order chi connectivity index (χ0) is 19.5. The van der Waals surface area contributed by atoms with Crippen LogP contribution in [0.2, 0.25) is 0 Å². The summed E-state index contributed by atoms with van der Waals surface area (Å²) in [5.41, 5.74) is -2.23. The van der Waals surface area contributed by atoms with Crippen molar-refractivity contribution in [1.29, 1.82) is 0 Å². The van der Waals surface area contributed by atoms with Crippen LogP contribution in [0, 0.1) is 11.6 Å². The molecule has 0 aliphatic heterocycles. The molecule has 140 valence electrons. The first kappa shape index (κ1) is 20.2. The zero-order valence-electron chi connectivity index (χ0n) is 14.0. The van der Waals surface area contributed by atoms with Crippen LogP contribution in [0.1, 0.15) is 36.2 Å². The van der Waals surface area contributed by atoms with Gasteiger partial charge in [-0.15, -0.1) is 11.8 Å². The molecule has 0 fully saturated rings. The van der Waals surface area contributed by atoms with E-state index in [1.165, 1.54) is 17.8 Å². The number of carbonyl (C=O) groups excluding carboxylic acids is 1. The van der Waals surface area contributed by atoms with E-state index in [-0.39, 0.29) is 5.25 Å². The van der Waals surface area contributed by atoms with Crippen LogP contribution in [-0.4, -0.2) is 11.2 Å². The van der Waals surface area contributed by atoms with Crippen molar-refractivity contribution >= 4 is 23.4 Å². The van der Waals surface area contributed by atoms with Gasteiger partial charge in [0.1, 0.15) is 11.6 Å². The topological polar surface area (TPSA) is 29.1 Å². The van der Waals surface area contributed by atoms with Gasteiger partial charge in [-0.25, -0.2) is 8.78 Å². The van der Waals surface area contributed by atoms with Gasteiger partial charge in [0.05, 0.1) is 16.8 Å². The van der Waals surface area contributed by atoms with Gasteiger partial charge in [-0.1, -0.05) is 13.8 Å². The van der Waals surface area contributed by atoms with Crippen LogP contribution in [0.5, 0.6) is 0 Å². The first-order valence-corrected chi connectivity index (χ1v) is 8.64. The summed E-state index contributed by atoms with van der Waals surface area (Å²) < 4.78 is 66.9. The normalized spacial score (nSPS) is 12.7. The molecule has 1 N–H and O–H groups in total. The summed E-state index contributed by atoms with van der Waals surface area (Å²) in [5, 5.41) is 2.14. The Morgan fingerprint density at radius 2 is 1.85 bits per heavy atom. The van der Waals surface area contributed by atoms with Crippen molar-refractivity contribution < 1.29 is 26.7 Å². The number of rotatable bonds is 5. The third-order valence-electron chi connectivity index (χ3n) is 3.63. The molecule has 0 aliphatic rings. The fraction of sp³-hybridized carbons (Fsp3) is 0.278. The van der Waals surface area contributed by atoms with Crippen LogP contribution >= 0.6 is 11.8 Å². The van der Waals surface area contributed by atoms with Crippen molar-refractivity contribution in [3.05, 3.63) is 59.2 Å². The van der Waals surface area contributed by atoms with E-state index in [4.69, 9.17) is 0 Å². The first-order valence-electron chi connectivity index (χ1n) is 7.76. The number of thioether (sulfide) groups is 1. The van der Waals surface area contributed by atoms with Crippen LogP contribution in [0.4, 0.5) is 27.6 Å². The number of benzene rings is 2. The molecule has 2 aromatic carbocycles. The standard InChI is InChI=1S/C18H16F5NOS/c1-3-10(2)26-12-5-7-16(14(9-12)18(21,22)23)24-17(25)13-8-11(19)4-6-15(13)20/h4-10H,3H2,1-2H3,(H,24,25)/t10-/m0/s1. The van der Waals surface area contributed by atoms with Crippen molar-refractivity contribution in [2.24, 2.45) is 0 Å². The van der Waals surface area contributed by atoms with Crippen molar-refractivity contribution in [2.75, 3.05) is 5.32 Å². The summed E-state index contributed by atoms with van der Waals surface area (Å²) in [6, 6.07) is 5.68. The average molecular weight is 389 g/mol. The summed E-state index contributed by atoms with van der Waals surface area (Å²) in [7, 11) is 0. The number of amides is 1. The highest BCUT2D eigenvalue weighted by Crippen LogP contribution is 2.38. The Labute approximate surface area is 151 Å². The monoisotopic (exact) mass is 389 g/mol. The summed E-state index contributed by atoms with van der Waals surface area (Å²) in [6.07, 6.45) is -3.93. The Hall–Kier alpha value is -2.09. The maximum absolute atomic E-state index is 13.7. The number of halogens is 5.